The van der Waals surface area contributed by atoms with Gasteiger partial charge in [0.15, 0.2) is 0 Å². The van der Waals surface area contributed by atoms with Gasteiger partial charge in [-0.1, -0.05) is 17.7 Å². The largest absolute Gasteiger partial charge is 0.385 e. The minimum Gasteiger partial charge on any atom is -0.385 e. The number of rotatable bonds is 4. The molecule has 0 aromatic heterocycles. The lowest BCUT2D eigenvalue weighted by Crippen LogP contribution is -2.12. The molecule has 0 bridgehead atoms. The first-order chi connectivity index (χ1) is 9.61. The van der Waals surface area contributed by atoms with Gasteiger partial charge in [0.1, 0.15) is 0 Å². The lowest BCUT2D eigenvalue weighted by molar-refractivity contribution is 0.102. The molecular formula is C16H17ClN2O. The summed E-state index contributed by atoms with van der Waals surface area (Å²) in [5, 5.41) is 6.71. The van der Waals surface area contributed by atoms with Crippen LogP contribution in [0.25, 0.3) is 0 Å². The quantitative estimate of drug-likeness (QED) is 0.879. The third-order valence-electron chi connectivity index (χ3n) is 3.04. The van der Waals surface area contributed by atoms with Gasteiger partial charge < -0.3 is 10.6 Å². The van der Waals surface area contributed by atoms with Crippen LogP contribution in [0.1, 0.15) is 22.8 Å². The molecule has 0 radical (unpaired) electrons. The highest BCUT2D eigenvalue weighted by Gasteiger charge is 2.08. The summed E-state index contributed by atoms with van der Waals surface area (Å²) in [6, 6.07) is 12.8. The van der Waals surface area contributed by atoms with Crippen LogP contribution < -0.4 is 10.6 Å². The molecule has 0 aliphatic heterocycles. The highest BCUT2D eigenvalue weighted by Crippen LogP contribution is 2.23. The van der Waals surface area contributed by atoms with Crippen molar-refractivity contribution < 1.29 is 4.79 Å². The Morgan fingerprint density at radius 2 is 1.85 bits per heavy atom. The first-order valence-electron chi connectivity index (χ1n) is 6.52. The summed E-state index contributed by atoms with van der Waals surface area (Å²) in [6.45, 7) is 4.77. The van der Waals surface area contributed by atoms with Crippen molar-refractivity contribution in [2.75, 3.05) is 17.2 Å². The molecule has 0 atom stereocenters. The second kappa shape index (κ2) is 6.44. The maximum absolute atomic E-state index is 12.2. The van der Waals surface area contributed by atoms with Gasteiger partial charge in [-0.15, -0.1) is 0 Å². The van der Waals surface area contributed by atoms with Crippen molar-refractivity contribution in [1.82, 2.24) is 0 Å². The Morgan fingerprint density at radius 3 is 2.50 bits per heavy atom. The summed E-state index contributed by atoms with van der Waals surface area (Å²) in [7, 11) is 0. The van der Waals surface area contributed by atoms with Crippen LogP contribution in [0.5, 0.6) is 0 Å². The molecule has 4 heteroatoms. The smallest absolute Gasteiger partial charge is 0.255 e. The zero-order chi connectivity index (χ0) is 14.5. The normalized spacial score (nSPS) is 10.2. The van der Waals surface area contributed by atoms with E-state index < -0.39 is 0 Å². The molecule has 2 N–H and O–H groups in total. The molecule has 1 amide bonds. The molecule has 2 aromatic rings. The van der Waals surface area contributed by atoms with E-state index in [1.54, 1.807) is 18.2 Å². The lowest BCUT2D eigenvalue weighted by atomic mass is 10.1. The van der Waals surface area contributed by atoms with E-state index in [1.807, 2.05) is 38.1 Å². The minimum atomic E-state index is -0.140. The Hall–Kier alpha value is -2.00. The number of hydrogen-bond acceptors (Lipinski definition) is 2. The molecule has 0 fully saturated rings. The topological polar surface area (TPSA) is 41.1 Å². The van der Waals surface area contributed by atoms with Gasteiger partial charge in [0.2, 0.25) is 0 Å². The van der Waals surface area contributed by atoms with Crippen LogP contribution in [0.15, 0.2) is 42.5 Å². The minimum absolute atomic E-state index is 0.140. The summed E-state index contributed by atoms with van der Waals surface area (Å²) in [4.78, 5) is 12.2. The van der Waals surface area contributed by atoms with E-state index in [1.165, 1.54) is 0 Å². The van der Waals surface area contributed by atoms with Crippen molar-refractivity contribution >= 4 is 28.9 Å². The first kappa shape index (κ1) is 14.4. The van der Waals surface area contributed by atoms with Crippen molar-refractivity contribution in [2.45, 2.75) is 13.8 Å². The van der Waals surface area contributed by atoms with Gasteiger partial charge in [-0.2, -0.15) is 0 Å². The molecule has 0 aliphatic carbocycles. The van der Waals surface area contributed by atoms with E-state index in [0.29, 0.717) is 10.6 Å². The first-order valence-corrected chi connectivity index (χ1v) is 6.90. The number of nitrogens with one attached hydrogen (secondary N) is 2. The Morgan fingerprint density at radius 1 is 1.15 bits per heavy atom. The highest BCUT2D eigenvalue weighted by atomic mass is 35.5. The van der Waals surface area contributed by atoms with E-state index in [2.05, 4.69) is 10.6 Å². The number of anilines is 2. The van der Waals surface area contributed by atoms with E-state index >= 15 is 0 Å². The molecule has 0 heterocycles. The summed E-state index contributed by atoms with van der Waals surface area (Å²) in [5.74, 6) is -0.140. The Bertz CT molecular complexity index is 608. The molecule has 2 rings (SSSR count). The number of halogens is 1. The van der Waals surface area contributed by atoms with Crippen LogP contribution in [0, 0.1) is 6.92 Å². The fourth-order valence-electron chi connectivity index (χ4n) is 1.88. The number of carbonyl (C=O) groups excluding carboxylic acids is 1. The Balaban J connectivity index is 2.13. The molecule has 3 nitrogen and oxygen atoms in total. The summed E-state index contributed by atoms with van der Waals surface area (Å²) in [5.41, 5.74) is 3.22. The lowest BCUT2D eigenvalue weighted by Gasteiger charge is -2.10. The van der Waals surface area contributed by atoms with Crippen LogP contribution in [0.4, 0.5) is 11.4 Å². The number of carbonyl (C=O) groups is 1. The molecule has 104 valence electrons. The molecule has 0 aliphatic rings. The molecule has 0 saturated carbocycles. The maximum atomic E-state index is 12.2. The predicted molar refractivity (Wildman–Crippen MR) is 84.7 cm³/mol. The Kier molecular flexibility index (Phi) is 4.64. The molecule has 2 aromatic carbocycles. The monoisotopic (exact) mass is 288 g/mol. The van der Waals surface area contributed by atoms with Gasteiger partial charge >= 0.3 is 0 Å². The number of amides is 1. The average molecular weight is 289 g/mol. The van der Waals surface area contributed by atoms with Crippen LogP contribution in [-0.4, -0.2) is 12.5 Å². The van der Waals surface area contributed by atoms with Gasteiger partial charge in [0.25, 0.3) is 5.91 Å². The van der Waals surface area contributed by atoms with Gasteiger partial charge in [-0.25, -0.2) is 0 Å². The van der Waals surface area contributed by atoms with Crippen LogP contribution in [-0.2, 0) is 0 Å². The second-order valence-corrected chi connectivity index (χ2v) is 4.88. The van der Waals surface area contributed by atoms with Crippen molar-refractivity contribution in [3.8, 4) is 0 Å². The van der Waals surface area contributed by atoms with Crippen molar-refractivity contribution in [3.63, 3.8) is 0 Å². The van der Waals surface area contributed by atoms with E-state index in [0.717, 1.165) is 23.5 Å². The summed E-state index contributed by atoms with van der Waals surface area (Å²) >= 11 is 6.04. The number of hydrogen-bond donors (Lipinski definition) is 2. The van der Waals surface area contributed by atoms with E-state index in [4.69, 9.17) is 11.6 Å². The van der Waals surface area contributed by atoms with Crippen molar-refractivity contribution in [3.05, 3.63) is 58.6 Å². The van der Waals surface area contributed by atoms with Crippen LogP contribution in [0.2, 0.25) is 5.02 Å². The molecule has 20 heavy (non-hydrogen) atoms. The van der Waals surface area contributed by atoms with Gasteiger partial charge in [-0.3, -0.25) is 4.79 Å². The zero-order valence-corrected chi connectivity index (χ0v) is 12.3. The SMILES string of the molecule is CCNc1ccc(C(=O)Nc2cccc(Cl)c2C)cc1. The second-order valence-electron chi connectivity index (χ2n) is 4.47. The van der Waals surface area contributed by atoms with E-state index in [-0.39, 0.29) is 5.91 Å². The molecule has 0 saturated heterocycles. The summed E-state index contributed by atoms with van der Waals surface area (Å²) in [6.07, 6.45) is 0. The molecule has 0 unspecified atom stereocenters. The van der Waals surface area contributed by atoms with Gasteiger partial charge in [0.05, 0.1) is 0 Å². The van der Waals surface area contributed by atoms with Crippen LogP contribution >= 0.6 is 11.6 Å². The molecular weight excluding hydrogens is 272 g/mol. The average Bonchev–Trinajstić information content (AvgIpc) is 2.45. The van der Waals surface area contributed by atoms with Crippen LogP contribution in [0.3, 0.4) is 0 Å². The van der Waals surface area contributed by atoms with Crippen molar-refractivity contribution in [1.29, 1.82) is 0 Å². The fourth-order valence-corrected chi connectivity index (χ4v) is 2.06. The van der Waals surface area contributed by atoms with Gasteiger partial charge in [0, 0.05) is 28.5 Å². The Labute approximate surface area is 124 Å². The fraction of sp³-hybridized carbons (Fsp3) is 0.188. The van der Waals surface area contributed by atoms with Crippen molar-refractivity contribution in [2.24, 2.45) is 0 Å². The van der Waals surface area contributed by atoms with E-state index in [9.17, 15) is 4.79 Å². The molecule has 0 spiro atoms. The zero-order valence-electron chi connectivity index (χ0n) is 11.5. The summed E-state index contributed by atoms with van der Waals surface area (Å²) < 4.78 is 0. The number of benzene rings is 2. The standard InChI is InChI=1S/C16H17ClN2O/c1-3-18-13-9-7-12(8-10-13)16(20)19-15-6-4-5-14(17)11(15)2/h4-10,18H,3H2,1-2H3,(H,19,20). The third-order valence-corrected chi connectivity index (χ3v) is 3.45. The van der Waals surface area contributed by atoms with Gasteiger partial charge in [-0.05, 0) is 55.8 Å². The highest BCUT2D eigenvalue weighted by molar-refractivity contribution is 6.31. The maximum Gasteiger partial charge on any atom is 0.255 e. The third kappa shape index (κ3) is 3.31. The predicted octanol–water partition coefficient (Wildman–Crippen LogP) is 4.33.